The first-order valence-corrected chi connectivity index (χ1v) is 21.7. The minimum atomic E-state index is 0.603. The molecule has 0 saturated carbocycles. The molecule has 0 amide bonds. The summed E-state index contributed by atoms with van der Waals surface area (Å²) in [5.74, 6) is 1.83. The van der Waals surface area contributed by atoms with Crippen molar-refractivity contribution in [1.29, 1.82) is 0 Å². The van der Waals surface area contributed by atoms with Gasteiger partial charge in [-0.3, -0.25) is 0 Å². The van der Waals surface area contributed by atoms with E-state index in [0.29, 0.717) is 17.5 Å². The number of nitrogens with zero attached hydrogens (tertiary/aromatic N) is 4. The highest BCUT2D eigenvalue weighted by atomic mass is 32.1. The first-order valence-electron chi connectivity index (χ1n) is 20.8. The van der Waals surface area contributed by atoms with Crippen molar-refractivity contribution in [3.05, 3.63) is 218 Å². The molecule has 0 aliphatic heterocycles. The van der Waals surface area contributed by atoms with Crippen LogP contribution in [0, 0.1) is 0 Å². The summed E-state index contributed by atoms with van der Waals surface area (Å²) in [6.45, 7) is 0. The van der Waals surface area contributed by atoms with Gasteiger partial charge >= 0.3 is 0 Å². The lowest BCUT2D eigenvalue weighted by molar-refractivity contribution is 1.06. The summed E-state index contributed by atoms with van der Waals surface area (Å²) in [4.78, 5) is 15.9. The maximum absolute atomic E-state index is 5.35. The van der Waals surface area contributed by atoms with Crippen LogP contribution in [0.25, 0.3) is 115 Å². The summed E-state index contributed by atoms with van der Waals surface area (Å²) in [5.41, 5.74) is 12.8. The number of hydrogen-bond donors (Lipinski definition) is 0. The lowest BCUT2D eigenvalue weighted by Crippen LogP contribution is -2.04. The molecule has 0 saturated heterocycles. The van der Waals surface area contributed by atoms with E-state index in [1.807, 2.05) is 17.4 Å². The van der Waals surface area contributed by atoms with Gasteiger partial charge in [-0.15, -0.1) is 11.3 Å². The van der Waals surface area contributed by atoms with Crippen LogP contribution in [0.5, 0.6) is 0 Å². The van der Waals surface area contributed by atoms with E-state index in [9.17, 15) is 0 Å². The maximum Gasteiger partial charge on any atom is 0.166 e. The third kappa shape index (κ3) is 6.26. The molecule has 0 spiro atoms. The molecular weight excluding hydrogens is 773 g/mol. The Hall–Kier alpha value is -7.99. The molecule has 0 N–H and O–H groups in total. The molecule has 0 fully saturated rings. The Labute approximate surface area is 362 Å². The van der Waals surface area contributed by atoms with E-state index in [1.54, 1.807) is 0 Å². The van der Waals surface area contributed by atoms with Crippen molar-refractivity contribution < 1.29 is 0 Å². The topological polar surface area (TPSA) is 43.6 Å². The molecule has 3 aromatic heterocycles. The predicted octanol–water partition coefficient (Wildman–Crippen LogP) is 15.3. The summed E-state index contributed by atoms with van der Waals surface area (Å²) in [7, 11) is 0. The Morgan fingerprint density at radius 3 is 1.47 bits per heavy atom. The van der Waals surface area contributed by atoms with Gasteiger partial charge in [-0.25, -0.2) is 15.0 Å². The Morgan fingerprint density at radius 2 is 0.758 bits per heavy atom. The summed E-state index contributed by atoms with van der Waals surface area (Å²) in [5, 5.41) is 4.99. The Balaban J connectivity index is 1.05. The normalized spacial score (nSPS) is 11.5. The molecule has 0 aliphatic rings. The molecule has 12 aromatic rings. The average molecular weight is 809 g/mol. The van der Waals surface area contributed by atoms with Crippen molar-refractivity contribution in [2.75, 3.05) is 0 Å². The van der Waals surface area contributed by atoms with Crippen LogP contribution in [0.2, 0.25) is 0 Å². The van der Waals surface area contributed by atoms with Gasteiger partial charge < -0.3 is 4.57 Å². The zero-order chi connectivity index (χ0) is 41.0. The zero-order valence-electron chi connectivity index (χ0n) is 33.5. The van der Waals surface area contributed by atoms with E-state index in [4.69, 9.17) is 15.0 Å². The molecular formula is C57H36N4S. The van der Waals surface area contributed by atoms with Gasteiger partial charge in [0.05, 0.1) is 16.7 Å². The highest BCUT2D eigenvalue weighted by molar-refractivity contribution is 7.25. The lowest BCUT2D eigenvalue weighted by Gasteiger charge is -2.16. The summed E-state index contributed by atoms with van der Waals surface area (Å²) < 4.78 is 4.96. The molecule has 3 heterocycles. The van der Waals surface area contributed by atoms with Crippen LogP contribution in [0.3, 0.4) is 0 Å². The van der Waals surface area contributed by atoms with Crippen LogP contribution in [0.15, 0.2) is 218 Å². The first-order chi connectivity index (χ1) is 30.7. The number of rotatable bonds is 7. The summed E-state index contributed by atoms with van der Waals surface area (Å²) in [6.07, 6.45) is 0. The molecule has 5 heteroatoms. The van der Waals surface area contributed by atoms with Crippen LogP contribution in [-0.4, -0.2) is 19.5 Å². The van der Waals surface area contributed by atoms with Crippen molar-refractivity contribution in [2.45, 2.75) is 0 Å². The van der Waals surface area contributed by atoms with Gasteiger partial charge in [-0.05, 0) is 75.8 Å². The van der Waals surface area contributed by atoms with Crippen molar-refractivity contribution in [3.63, 3.8) is 0 Å². The highest BCUT2D eigenvalue weighted by Crippen LogP contribution is 2.40. The molecule has 290 valence electrons. The van der Waals surface area contributed by atoms with Crippen LogP contribution >= 0.6 is 11.3 Å². The molecule has 62 heavy (non-hydrogen) atoms. The second-order valence-corrected chi connectivity index (χ2v) is 16.7. The molecule has 0 aliphatic carbocycles. The lowest BCUT2D eigenvalue weighted by atomic mass is 10.0. The Kier molecular flexibility index (Phi) is 8.65. The number of thiophene rings is 1. The van der Waals surface area contributed by atoms with Crippen molar-refractivity contribution in [1.82, 2.24) is 19.5 Å². The molecule has 9 aromatic carbocycles. The average Bonchev–Trinajstić information content (AvgIpc) is 3.90. The maximum atomic E-state index is 5.35. The van der Waals surface area contributed by atoms with E-state index >= 15 is 0 Å². The quantitative estimate of drug-likeness (QED) is 0.161. The fourth-order valence-corrected chi connectivity index (χ4v) is 9.98. The van der Waals surface area contributed by atoms with Gasteiger partial charge in [0, 0.05) is 47.6 Å². The van der Waals surface area contributed by atoms with E-state index in [0.717, 1.165) is 61.2 Å². The fourth-order valence-electron chi connectivity index (χ4n) is 8.84. The minimum Gasteiger partial charge on any atom is -0.308 e. The van der Waals surface area contributed by atoms with Crippen LogP contribution < -0.4 is 0 Å². The van der Waals surface area contributed by atoms with E-state index < -0.39 is 0 Å². The third-order valence-electron chi connectivity index (χ3n) is 11.9. The molecule has 0 bridgehead atoms. The Morgan fingerprint density at radius 1 is 0.290 bits per heavy atom. The van der Waals surface area contributed by atoms with Gasteiger partial charge in [0.25, 0.3) is 0 Å². The highest BCUT2D eigenvalue weighted by Gasteiger charge is 2.21. The molecule has 12 rings (SSSR count). The predicted molar refractivity (Wildman–Crippen MR) is 260 cm³/mol. The molecule has 0 atom stereocenters. The molecule has 0 unspecified atom stereocenters. The van der Waals surface area contributed by atoms with Crippen molar-refractivity contribution >= 4 is 53.3 Å². The zero-order valence-corrected chi connectivity index (χ0v) is 34.3. The SMILES string of the molecule is c1ccc(-c2cccc(-c3nc(-c4ccc(-c5ccc6c(c5)sc5ccccc56)cc4)nc(-c4ccc(-c5ccccc5)cc4-n4c5ccccc5c5ccccc54)n3)c2)cc1. The molecule has 4 nitrogen and oxygen atoms in total. The van der Waals surface area contributed by atoms with Crippen LogP contribution in [0.4, 0.5) is 0 Å². The smallest absolute Gasteiger partial charge is 0.166 e. The van der Waals surface area contributed by atoms with Gasteiger partial charge in [-0.2, -0.15) is 0 Å². The molecule has 0 radical (unpaired) electrons. The fraction of sp³-hybridized carbons (Fsp3) is 0. The third-order valence-corrected chi connectivity index (χ3v) is 13.0. The number of benzene rings is 9. The number of hydrogen-bond acceptors (Lipinski definition) is 4. The second kappa shape index (κ2) is 14.9. The van der Waals surface area contributed by atoms with Crippen LogP contribution in [-0.2, 0) is 0 Å². The van der Waals surface area contributed by atoms with Crippen molar-refractivity contribution in [3.8, 4) is 73.2 Å². The first kappa shape index (κ1) is 35.9. The number of para-hydroxylation sites is 2. The van der Waals surface area contributed by atoms with Crippen LogP contribution in [0.1, 0.15) is 0 Å². The standard InChI is InChI=1S/C57H36N4S/c1-3-14-37(15-4-1)41-18-13-19-44(34-41)56-58-55(40-28-26-39(27-29-40)43-30-32-48-47-22-9-12-25-53(47)62-54(48)36-43)59-57(60-56)49-33-31-42(38-16-5-2-6-17-38)35-52(49)61-50-23-10-7-20-45(50)46-21-8-11-24-51(46)61/h1-36H. The monoisotopic (exact) mass is 808 g/mol. The Bertz CT molecular complexity index is 3570. The summed E-state index contributed by atoms with van der Waals surface area (Å²) in [6, 6.07) is 77.5. The van der Waals surface area contributed by atoms with Gasteiger partial charge in [0.2, 0.25) is 0 Å². The van der Waals surface area contributed by atoms with E-state index in [1.165, 1.54) is 36.5 Å². The van der Waals surface area contributed by atoms with Gasteiger partial charge in [-0.1, -0.05) is 176 Å². The summed E-state index contributed by atoms with van der Waals surface area (Å²) >= 11 is 1.84. The number of fused-ring (bicyclic) bond motifs is 6. The number of aromatic nitrogens is 4. The van der Waals surface area contributed by atoms with E-state index in [2.05, 4.69) is 217 Å². The van der Waals surface area contributed by atoms with Crippen molar-refractivity contribution in [2.24, 2.45) is 0 Å². The second-order valence-electron chi connectivity index (χ2n) is 15.6. The largest absolute Gasteiger partial charge is 0.308 e. The van der Waals surface area contributed by atoms with Gasteiger partial charge in [0.1, 0.15) is 0 Å². The minimum absolute atomic E-state index is 0.603. The van der Waals surface area contributed by atoms with E-state index in [-0.39, 0.29) is 0 Å². The van der Waals surface area contributed by atoms with Gasteiger partial charge in [0.15, 0.2) is 17.5 Å².